The van der Waals surface area contributed by atoms with Gasteiger partial charge in [-0.25, -0.2) is 0 Å². The lowest BCUT2D eigenvalue weighted by atomic mass is 9.95. The second kappa shape index (κ2) is 8.87. The van der Waals surface area contributed by atoms with Crippen LogP contribution in [0.15, 0.2) is 60.2 Å². The number of carbonyl (C=O) groups excluding carboxylic acids is 2. The normalized spacial score (nSPS) is 18.2. The summed E-state index contributed by atoms with van der Waals surface area (Å²) in [5, 5.41) is 21.8. The first-order valence-electron chi connectivity index (χ1n) is 9.54. The summed E-state index contributed by atoms with van der Waals surface area (Å²) >= 11 is 0. The lowest BCUT2D eigenvalue weighted by Crippen LogP contribution is -2.32. The highest BCUT2D eigenvalue weighted by Crippen LogP contribution is 2.39. The van der Waals surface area contributed by atoms with Gasteiger partial charge in [-0.1, -0.05) is 30.3 Å². The van der Waals surface area contributed by atoms with Crippen molar-refractivity contribution in [3.8, 4) is 0 Å². The quantitative estimate of drug-likeness (QED) is 0.248. The number of amides is 1. The fourth-order valence-electron chi connectivity index (χ4n) is 3.55. The number of aliphatic hydroxyl groups is 1. The maximum Gasteiger partial charge on any atom is 0.295 e. The fourth-order valence-corrected chi connectivity index (χ4v) is 3.55. The molecule has 2 aromatic rings. The third-order valence-corrected chi connectivity index (χ3v) is 5.01. The van der Waals surface area contributed by atoms with E-state index in [-0.39, 0.29) is 22.6 Å². The van der Waals surface area contributed by atoms with Gasteiger partial charge in [-0.3, -0.25) is 19.7 Å². The van der Waals surface area contributed by atoms with Gasteiger partial charge in [0.25, 0.3) is 17.4 Å². The fraction of sp³-hybridized carbons (Fsp3) is 0.273. The van der Waals surface area contributed by atoms with Crippen LogP contribution >= 0.6 is 0 Å². The van der Waals surface area contributed by atoms with Crippen molar-refractivity contribution in [3.63, 3.8) is 0 Å². The Labute approximate surface area is 174 Å². The van der Waals surface area contributed by atoms with Crippen molar-refractivity contribution < 1.29 is 19.6 Å². The standard InChI is InChI=1S/C22H23N3O5/c1-23(2)13-6-14-24-19(15-7-4-3-5-8-15)18(21(27)22(24)28)20(26)16-9-11-17(12-10-16)25(29)30/h3-5,7-12,19,26H,6,13-14H2,1-2H3/b20-18+. The van der Waals surface area contributed by atoms with Gasteiger partial charge in [0.2, 0.25) is 0 Å². The Balaban J connectivity index is 2.05. The van der Waals surface area contributed by atoms with Crippen LogP contribution in [0.3, 0.4) is 0 Å². The highest BCUT2D eigenvalue weighted by Gasteiger charge is 2.45. The average Bonchev–Trinajstić information content (AvgIpc) is 2.98. The number of nitrogens with zero attached hydrogens (tertiary/aromatic N) is 3. The summed E-state index contributed by atoms with van der Waals surface area (Å²) in [6.07, 6.45) is 0.668. The molecule has 3 rings (SSSR count). The first-order chi connectivity index (χ1) is 14.3. The number of nitro groups is 1. The van der Waals surface area contributed by atoms with E-state index in [4.69, 9.17) is 0 Å². The van der Waals surface area contributed by atoms with Gasteiger partial charge < -0.3 is 14.9 Å². The predicted octanol–water partition coefficient (Wildman–Crippen LogP) is 2.97. The van der Waals surface area contributed by atoms with Crippen LogP contribution in [0.1, 0.15) is 23.6 Å². The number of hydrogen-bond acceptors (Lipinski definition) is 6. The third kappa shape index (κ3) is 4.23. The summed E-state index contributed by atoms with van der Waals surface area (Å²) in [7, 11) is 3.86. The lowest BCUT2D eigenvalue weighted by molar-refractivity contribution is -0.384. The molecule has 0 aliphatic carbocycles. The molecule has 1 heterocycles. The van der Waals surface area contributed by atoms with Crippen molar-refractivity contribution in [2.75, 3.05) is 27.2 Å². The first kappa shape index (κ1) is 21.2. The zero-order chi connectivity index (χ0) is 21.8. The van der Waals surface area contributed by atoms with Crippen molar-refractivity contribution in [2.45, 2.75) is 12.5 Å². The van der Waals surface area contributed by atoms with E-state index >= 15 is 0 Å². The largest absolute Gasteiger partial charge is 0.507 e. The molecule has 30 heavy (non-hydrogen) atoms. The molecule has 0 radical (unpaired) electrons. The van der Waals surface area contributed by atoms with Crippen LogP contribution in [0, 0.1) is 10.1 Å². The van der Waals surface area contributed by atoms with Crippen molar-refractivity contribution in [2.24, 2.45) is 0 Å². The number of nitro benzene ring substituents is 1. The Morgan fingerprint density at radius 1 is 1.10 bits per heavy atom. The zero-order valence-electron chi connectivity index (χ0n) is 16.8. The number of carbonyl (C=O) groups is 2. The summed E-state index contributed by atoms with van der Waals surface area (Å²) < 4.78 is 0. The van der Waals surface area contributed by atoms with Gasteiger partial charge >= 0.3 is 0 Å². The number of ketones is 1. The Hall–Kier alpha value is -3.52. The molecule has 1 unspecified atom stereocenters. The number of non-ortho nitro benzene ring substituents is 1. The van der Waals surface area contributed by atoms with Crippen LogP contribution < -0.4 is 0 Å². The number of aliphatic hydroxyl groups excluding tert-OH is 1. The van der Waals surface area contributed by atoms with Crippen LogP contribution in [0.4, 0.5) is 5.69 Å². The predicted molar refractivity (Wildman–Crippen MR) is 112 cm³/mol. The SMILES string of the molecule is CN(C)CCCN1C(=O)C(=O)/C(=C(/O)c2ccc([N+](=O)[O-])cc2)C1c1ccccc1. The van der Waals surface area contributed by atoms with E-state index in [0.717, 1.165) is 6.54 Å². The maximum absolute atomic E-state index is 12.9. The molecule has 1 atom stereocenters. The Bertz CT molecular complexity index is 984. The molecule has 8 heteroatoms. The second-order valence-corrected chi connectivity index (χ2v) is 7.36. The van der Waals surface area contributed by atoms with Crippen molar-refractivity contribution in [1.29, 1.82) is 0 Å². The molecular weight excluding hydrogens is 386 g/mol. The molecule has 0 saturated carbocycles. The van der Waals surface area contributed by atoms with Gasteiger partial charge in [0, 0.05) is 24.2 Å². The van der Waals surface area contributed by atoms with Crippen molar-refractivity contribution >= 4 is 23.1 Å². The average molecular weight is 409 g/mol. The van der Waals surface area contributed by atoms with Crippen molar-refractivity contribution in [1.82, 2.24) is 9.80 Å². The third-order valence-electron chi connectivity index (χ3n) is 5.01. The van der Waals surface area contributed by atoms with Crippen LogP contribution in [0.5, 0.6) is 0 Å². The van der Waals surface area contributed by atoms with E-state index in [9.17, 15) is 24.8 Å². The van der Waals surface area contributed by atoms with E-state index in [1.54, 1.807) is 24.3 Å². The highest BCUT2D eigenvalue weighted by atomic mass is 16.6. The minimum Gasteiger partial charge on any atom is -0.507 e. The molecular formula is C22H23N3O5. The highest BCUT2D eigenvalue weighted by molar-refractivity contribution is 6.46. The Kier molecular flexibility index (Phi) is 6.27. The maximum atomic E-state index is 12.9. The second-order valence-electron chi connectivity index (χ2n) is 7.36. The minimum atomic E-state index is -0.760. The van der Waals surface area contributed by atoms with Crippen LogP contribution in [-0.4, -0.2) is 58.7 Å². The van der Waals surface area contributed by atoms with Gasteiger partial charge in [0.1, 0.15) is 5.76 Å². The smallest absolute Gasteiger partial charge is 0.295 e. The number of likely N-dealkylation sites (tertiary alicyclic amines) is 1. The number of rotatable bonds is 7. The lowest BCUT2D eigenvalue weighted by Gasteiger charge is -2.26. The van der Waals surface area contributed by atoms with Crippen molar-refractivity contribution in [3.05, 3.63) is 81.4 Å². The Morgan fingerprint density at radius 3 is 2.30 bits per heavy atom. The van der Waals surface area contributed by atoms with Crippen LogP contribution in [0.2, 0.25) is 0 Å². The number of Topliss-reactive ketones (excluding diaryl/α,β-unsaturated/α-hetero) is 1. The molecule has 1 N–H and O–H groups in total. The summed E-state index contributed by atoms with van der Waals surface area (Å²) in [6.45, 7) is 1.10. The van der Waals surface area contributed by atoms with Gasteiger partial charge in [-0.05, 0) is 44.8 Å². The van der Waals surface area contributed by atoms with Crippen LogP contribution in [0.25, 0.3) is 5.76 Å². The van der Waals surface area contributed by atoms with E-state index in [0.29, 0.717) is 18.5 Å². The molecule has 1 fully saturated rings. The molecule has 1 saturated heterocycles. The molecule has 1 amide bonds. The molecule has 0 bridgehead atoms. The van der Waals surface area contributed by atoms with E-state index in [1.807, 2.05) is 25.1 Å². The van der Waals surface area contributed by atoms with E-state index < -0.39 is 22.7 Å². The molecule has 1 aliphatic rings. The summed E-state index contributed by atoms with van der Waals surface area (Å²) in [5.41, 5.74) is 0.818. The number of benzene rings is 2. The molecule has 156 valence electrons. The van der Waals surface area contributed by atoms with Crippen LogP contribution in [-0.2, 0) is 9.59 Å². The molecule has 1 aliphatic heterocycles. The van der Waals surface area contributed by atoms with Gasteiger partial charge in [0.05, 0.1) is 16.5 Å². The zero-order valence-corrected chi connectivity index (χ0v) is 16.8. The summed E-state index contributed by atoms with van der Waals surface area (Å²) in [5.74, 6) is -1.76. The molecule has 0 aromatic heterocycles. The van der Waals surface area contributed by atoms with E-state index in [2.05, 4.69) is 0 Å². The van der Waals surface area contributed by atoms with E-state index in [1.165, 1.54) is 29.2 Å². The van der Waals surface area contributed by atoms with Gasteiger partial charge in [0.15, 0.2) is 0 Å². The number of hydrogen-bond donors (Lipinski definition) is 1. The Morgan fingerprint density at radius 2 is 1.73 bits per heavy atom. The molecule has 0 spiro atoms. The monoisotopic (exact) mass is 409 g/mol. The molecule has 2 aromatic carbocycles. The van der Waals surface area contributed by atoms with Gasteiger partial charge in [-0.2, -0.15) is 0 Å². The van der Waals surface area contributed by atoms with Gasteiger partial charge in [-0.15, -0.1) is 0 Å². The topological polar surface area (TPSA) is 104 Å². The summed E-state index contributed by atoms with van der Waals surface area (Å²) in [6, 6.07) is 13.6. The molecule has 8 nitrogen and oxygen atoms in total. The minimum absolute atomic E-state index is 0.00935. The first-order valence-corrected chi connectivity index (χ1v) is 9.54. The summed E-state index contributed by atoms with van der Waals surface area (Å²) in [4.78, 5) is 39.5.